The van der Waals surface area contributed by atoms with Gasteiger partial charge in [-0.15, -0.1) is 0 Å². The zero-order chi connectivity index (χ0) is 17.0. The number of hydrogen-bond donors (Lipinski definition) is 1. The largest absolute Gasteiger partial charge is 0.491 e. The van der Waals surface area contributed by atoms with Crippen LogP contribution in [-0.4, -0.2) is 44.5 Å². The van der Waals surface area contributed by atoms with Crippen LogP contribution in [0.15, 0.2) is 29.2 Å². The monoisotopic (exact) mass is 340 g/mol. The van der Waals surface area contributed by atoms with Gasteiger partial charge in [0.2, 0.25) is 15.9 Å². The summed E-state index contributed by atoms with van der Waals surface area (Å²) in [6, 6.07) is 5.41. The Bertz CT molecular complexity index is 635. The number of rotatable bonds is 6. The lowest BCUT2D eigenvalue weighted by atomic mass is 10.3. The lowest BCUT2D eigenvalue weighted by Gasteiger charge is -2.21. The molecule has 0 saturated carbocycles. The van der Waals surface area contributed by atoms with E-state index in [0.717, 1.165) is 12.8 Å². The van der Waals surface area contributed by atoms with E-state index in [1.54, 1.807) is 24.0 Å². The first-order valence-corrected chi connectivity index (χ1v) is 9.36. The first-order chi connectivity index (χ1) is 10.8. The number of carbonyl (C=O) groups is 1. The molecule has 0 radical (unpaired) electrons. The Balaban J connectivity index is 2.04. The molecule has 1 amide bonds. The number of ether oxygens (including phenoxy) is 1. The van der Waals surface area contributed by atoms with Crippen molar-refractivity contribution in [1.82, 2.24) is 9.62 Å². The molecule has 1 N–H and O–H groups in total. The van der Waals surface area contributed by atoms with Crippen molar-refractivity contribution in [2.75, 3.05) is 13.1 Å². The molecule has 1 saturated heterocycles. The maximum atomic E-state index is 12.4. The second-order valence-corrected chi connectivity index (χ2v) is 7.73. The van der Waals surface area contributed by atoms with Crippen molar-refractivity contribution in [3.05, 3.63) is 24.3 Å². The molecule has 6 nitrogen and oxygen atoms in total. The summed E-state index contributed by atoms with van der Waals surface area (Å²) in [7, 11) is -3.73. The SMILES string of the molecule is CC(C)Oc1ccc(S(=O)(=O)N[C@@H](C)C(=O)N2CCCC2)cc1. The molecule has 0 aliphatic carbocycles. The van der Waals surface area contributed by atoms with Crippen LogP contribution in [0.1, 0.15) is 33.6 Å². The van der Waals surface area contributed by atoms with Crippen LogP contribution in [0.5, 0.6) is 5.75 Å². The van der Waals surface area contributed by atoms with Crippen molar-refractivity contribution >= 4 is 15.9 Å². The van der Waals surface area contributed by atoms with Gasteiger partial charge in [-0.25, -0.2) is 8.42 Å². The van der Waals surface area contributed by atoms with Gasteiger partial charge in [-0.2, -0.15) is 4.72 Å². The third-order valence-corrected chi connectivity index (χ3v) is 5.18. The Morgan fingerprint density at radius 2 is 1.70 bits per heavy atom. The minimum absolute atomic E-state index is 0.0219. The highest BCUT2D eigenvalue weighted by atomic mass is 32.2. The van der Waals surface area contributed by atoms with Crippen LogP contribution in [0.4, 0.5) is 0 Å². The maximum Gasteiger partial charge on any atom is 0.241 e. The standard InChI is InChI=1S/C16H24N2O4S/c1-12(2)22-14-6-8-15(9-7-14)23(20,21)17-13(3)16(19)18-10-4-5-11-18/h6-9,12-13,17H,4-5,10-11H2,1-3H3/t13-/m0/s1. The van der Waals surface area contributed by atoms with Crippen LogP contribution in [0, 0.1) is 0 Å². The molecule has 0 unspecified atom stereocenters. The van der Waals surface area contributed by atoms with Gasteiger partial charge in [-0.1, -0.05) is 0 Å². The molecular formula is C16H24N2O4S. The molecule has 128 valence electrons. The topological polar surface area (TPSA) is 75.7 Å². The van der Waals surface area contributed by atoms with Gasteiger partial charge in [0.1, 0.15) is 5.75 Å². The van der Waals surface area contributed by atoms with Crippen LogP contribution >= 0.6 is 0 Å². The van der Waals surface area contributed by atoms with Gasteiger partial charge in [0, 0.05) is 13.1 Å². The van der Waals surface area contributed by atoms with Crippen LogP contribution in [-0.2, 0) is 14.8 Å². The molecule has 1 aromatic carbocycles. The Morgan fingerprint density at radius 1 is 1.13 bits per heavy atom. The fourth-order valence-corrected chi connectivity index (χ4v) is 3.73. The highest BCUT2D eigenvalue weighted by molar-refractivity contribution is 7.89. The maximum absolute atomic E-state index is 12.4. The molecule has 7 heteroatoms. The Hall–Kier alpha value is -1.60. The van der Waals surface area contributed by atoms with Crippen molar-refractivity contribution in [3.8, 4) is 5.75 Å². The van der Waals surface area contributed by atoms with Crippen molar-refractivity contribution < 1.29 is 17.9 Å². The zero-order valence-electron chi connectivity index (χ0n) is 13.8. The Labute approximate surface area is 137 Å². The van der Waals surface area contributed by atoms with Crippen molar-refractivity contribution in [2.45, 2.75) is 50.7 Å². The molecule has 0 spiro atoms. The first kappa shape index (κ1) is 17.7. The highest BCUT2D eigenvalue weighted by Gasteiger charge is 2.27. The fraction of sp³-hybridized carbons (Fsp3) is 0.562. The number of nitrogens with one attached hydrogen (secondary N) is 1. The number of benzene rings is 1. The molecule has 0 bridgehead atoms. The van der Waals surface area contributed by atoms with E-state index in [0.29, 0.717) is 18.8 Å². The number of amides is 1. The minimum Gasteiger partial charge on any atom is -0.491 e. The van der Waals surface area contributed by atoms with Crippen LogP contribution < -0.4 is 9.46 Å². The molecule has 1 aliphatic rings. The fourth-order valence-electron chi connectivity index (χ4n) is 2.53. The number of carbonyl (C=O) groups excluding carboxylic acids is 1. The van der Waals surface area contributed by atoms with Crippen molar-refractivity contribution in [1.29, 1.82) is 0 Å². The quantitative estimate of drug-likeness (QED) is 0.856. The minimum atomic E-state index is -3.73. The smallest absolute Gasteiger partial charge is 0.241 e. The van der Waals surface area contributed by atoms with Gasteiger partial charge >= 0.3 is 0 Å². The average molecular weight is 340 g/mol. The molecule has 2 rings (SSSR count). The molecule has 1 aromatic rings. The summed E-state index contributed by atoms with van der Waals surface area (Å²) in [5.41, 5.74) is 0. The molecule has 1 aliphatic heterocycles. The molecular weight excluding hydrogens is 316 g/mol. The zero-order valence-corrected chi connectivity index (χ0v) is 14.6. The molecule has 0 aromatic heterocycles. The van der Waals surface area contributed by atoms with Gasteiger partial charge in [-0.05, 0) is 57.9 Å². The normalized spacial score (nSPS) is 16.6. The van der Waals surface area contributed by atoms with Gasteiger partial charge < -0.3 is 9.64 Å². The number of nitrogens with zero attached hydrogens (tertiary/aromatic N) is 1. The third kappa shape index (κ3) is 4.68. The summed E-state index contributed by atoms with van der Waals surface area (Å²) in [4.78, 5) is 14.0. The van der Waals surface area contributed by atoms with E-state index in [1.807, 2.05) is 13.8 Å². The predicted molar refractivity (Wildman–Crippen MR) is 87.8 cm³/mol. The summed E-state index contributed by atoms with van der Waals surface area (Å²) in [5.74, 6) is 0.436. The van der Waals surface area contributed by atoms with Gasteiger partial charge in [-0.3, -0.25) is 4.79 Å². The second-order valence-electron chi connectivity index (χ2n) is 6.01. The Morgan fingerprint density at radius 3 is 2.22 bits per heavy atom. The van der Waals surface area contributed by atoms with Gasteiger partial charge in [0.25, 0.3) is 0 Å². The summed E-state index contributed by atoms with van der Waals surface area (Å²) in [5, 5.41) is 0. The molecule has 1 heterocycles. The molecule has 23 heavy (non-hydrogen) atoms. The summed E-state index contributed by atoms with van der Waals surface area (Å²) >= 11 is 0. The number of sulfonamides is 1. The summed E-state index contributed by atoms with van der Waals surface area (Å²) in [6.07, 6.45) is 1.97. The van der Waals surface area contributed by atoms with Gasteiger partial charge in [0.05, 0.1) is 17.0 Å². The van der Waals surface area contributed by atoms with E-state index in [1.165, 1.54) is 12.1 Å². The molecule has 1 fully saturated rings. The van der Waals surface area contributed by atoms with Gasteiger partial charge in [0.15, 0.2) is 0 Å². The molecule has 1 atom stereocenters. The van der Waals surface area contributed by atoms with Crippen molar-refractivity contribution in [3.63, 3.8) is 0 Å². The van der Waals surface area contributed by atoms with Crippen LogP contribution in [0.3, 0.4) is 0 Å². The second kappa shape index (κ2) is 7.31. The Kier molecular flexibility index (Phi) is 5.64. The van der Waals surface area contributed by atoms with E-state index >= 15 is 0 Å². The van der Waals surface area contributed by atoms with Crippen LogP contribution in [0.25, 0.3) is 0 Å². The first-order valence-electron chi connectivity index (χ1n) is 7.87. The summed E-state index contributed by atoms with van der Waals surface area (Å²) < 4.78 is 32.7. The number of likely N-dealkylation sites (tertiary alicyclic amines) is 1. The summed E-state index contributed by atoms with van der Waals surface area (Å²) in [6.45, 7) is 6.78. The lowest BCUT2D eigenvalue weighted by molar-refractivity contribution is -0.131. The van der Waals surface area contributed by atoms with Crippen molar-refractivity contribution in [2.24, 2.45) is 0 Å². The van der Waals surface area contributed by atoms with E-state index in [9.17, 15) is 13.2 Å². The number of hydrogen-bond acceptors (Lipinski definition) is 4. The average Bonchev–Trinajstić information content (AvgIpc) is 3.00. The lowest BCUT2D eigenvalue weighted by Crippen LogP contribution is -2.45. The van der Waals surface area contributed by atoms with E-state index in [2.05, 4.69) is 4.72 Å². The van der Waals surface area contributed by atoms with E-state index in [4.69, 9.17) is 4.74 Å². The highest BCUT2D eigenvalue weighted by Crippen LogP contribution is 2.18. The van der Waals surface area contributed by atoms with E-state index in [-0.39, 0.29) is 16.9 Å². The van der Waals surface area contributed by atoms with E-state index < -0.39 is 16.1 Å². The predicted octanol–water partition coefficient (Wildman–Crippen LogP) is 1.76. The third-order valence-electron chi connectivity index (χ3n) is 3.63. The van der Waals surface area contributed by atoms with Crippen LogP contribution in [0.2, 0.25) is 0 Å².